The van der Waals surface area contributed by atoms with Gasteiger partial charge in [-0.05, 0) is 37.1 Å². The van der Waals surface area contributed by atoms with Gasteiger partial charge in [0.2, 0.25) is 21.8 Å². The molecule has 0 bridgehead atoms. The number of halogens is 1. The summed E-state index contributed by atoms with van der Waals surface area (Å²) >= 11 is 1.01. The highest BCUT2D eigenvalue weighted by molar-refractivity contribution is 7.89. The van der Waals surface area contributed by atoms with Gasteiger partial charge in [-0.25, -0.2) is 12.8 Å². The van der Waals surface area contributed by atoms with E-state index in [9.17, 15) is 17.6 Å². The molecule has 1 saturated heterocycles. The van der Waals surface area contributed by atoms with Crippen LogP contribution in [0.3, 0.4) is 0 Å². The summed E-state index contributed by atoms with van der Waals surface area (Å²) in [6.07, 6.45) is 1.10. The van der Waals surface area contributed by atoms with Gasteiger partial charge >= 0.3 is 0 Å². The van der Waals surface area contributed by atoms with E-state index in [2.05, 4.69) is 15.5 Å². The summed E-state index contributed by atoms with van der Waals surface area (Å²) in [4.78, 5) is 12.3. The number of nitrogens with one attached hydrogen (secondary N) is 1. The number of sulfonamides is 1. The summed E-state index contributed by atoms with van der Waals surface area (Å²) in [5.41, 5.74) is 0.501. The molecule has 1 N–H and O–H groups in total. The summed E-state index contributed by atoms with van der Waals surface area (Å²) < 4.78 is 52.1. The normalized spacial score (nSPS) is 18.1. The Kier molecular flexibility index (Phi) is 5.27. The van der Waals surface area contributed by atoms with Gasteiger partial charge in [-0.3, -0.25) is 4.79 Å². The Bertz CT molecular complexity index is 1300. The van der Waals surface area contributed by atoms with E-state index in [1.807, 2.05) is 0 Å². The number of carbonyl (C=O) groups is 1. The highest BCUT2D eigenvalue weighted by Gasteiger charge is 2.39. The molecule has 1 atom stereocenters. The van der Waals surface area contributed by atoms with Gasteiger partial charge in [0, 0.05) is 18.3 Å². The molecular formula is C20H17FN4O5S2. The van der Waals surface area contributed by atoms with Crippen LogP contribution in [0.4, 0.5) is 10.1 Å². The second kappa shape index (κ2) is 8.11. The summed E-state index contributed by atoms with van der Waals surface area (Å²) in [5, 5.41) is 11.2. The Balaban J connectivity index is 1.35. The van der Waals surface area contributed by atoms with Crippen molar-refractivity contribution < 1.29 is 27.1 Å². The molecule has 166 valence electrons. The van der Waals surface area contributed by atoms with Crippen molar-refractivity contribution in [3.63, 3.8) is 0 Å². The van der Waals surface area contributed by atoms with Gasteiger partial charge in [-0.15, -0.1) is 10.2 Å². The molecule has 0 saturated carbocycles. The van der Waals surface area contributed by atoms with Gasteiger partial charge in [0.15, 0.2) is 11.5 Å². The van der Waals surface area contributed by atoms with Crippen LogP contribution in [-0.2, 0) is 10.0 Å². The summed E-state index contributed by atoms with van der Waals surface area (Å²) in [6.45, 7) is 0.361. The summed E-state index contributed by atoms with van der Waals surface area (Å²) in [7, 11) is -4.06. The lowest BCUT2D eigenvalue weighted by molar-refractivity contribution is 0.102. The number of hydrogen-bond acceptors (Lipinski definition) is 8. The van der Waals surface area contributed by atoms with E-state index in [1.165, 1.54) is 22.5 Å². The van der Waals surface area contributed by atoms with Crippen LogP contribution in [0, 0.1) is 5.82 Å². The fraction of sp³-hybridized carbons (Fsp3) is 0.250. The molecule has 2 aliphatic rings. The maximum atomic E-state index is 14.2. The minimum absolute atomic E-state index is 0.0906. The first-order valence-electron chi connectivity index (χ1n) is 9.74. The molecule has 1 unspecified atom stereocenters. The van der Waals surface area contributed by atoms with Crippen molar-refractivity contribution in [1.82, 2.24) is 14.5 Å². The number of nitrogens with zero attached hydrogens (tertiary/aromatic N) is 3. The minimum atomic E-state index is -4.06. The third-order valence-electron chi connectivity index (χ3n) is 5.18. The molecule has 3 heterocycles. The molecule has 1 aromatic heterocycles. The quantitative estimate of drug-likeness (QED) is 0.602. The van der Waals surface area contributed by atoms with E-state index in [0.29, 0.717) is 35.0 Å². The zero-order chi connectivity index (χ0) is 22.3. The highest BCUT2D eigenvalue weighted by Crippen LogP contribution is 2.38. The smallest absolute Gasteiger partial charge is 0.286 e. The molecule has 0 radical (unpaired) electrons. The number of hydrogen-bond donors (Lipinski definition) is 1. The first-order chi connectivity index (χ1) is 15.4. The van der Waals surface area contributed by atoms with Crippen molar-refractivity contribution in [1.29, 1.82) is 0 Å². The lowest BCUT2D eigenvalue weighted by Crippen LogP contribution is -2.31. The van der Waals surface area contributed by atoms with Crippen LogP contribution >= 0.6 is 11.3 Å². The minimum Gasteiger partial charge on any atom is -0.454 e. The van der Waals surface area contributed by atoms with Crippen LogP contribution in [0.5, 0.6) is 11.5 Å². The molecule has 2 aliphatic heterocycles. The van der Waals surface area contributed by atoms with Crippen LogP contribution in [-0.4, -0.2) is 42.2 Å². The zero-order valence-electron chi connectivity index (χ0n) is 16.5. The van der Waals surface area contributed by atoms with Crippen LogP contribution in [0.15, 0.2) is 47.4 Å². The van der Waals surface area contributed by atoms with Crippen molar-refractivity contribution in [2.45, 2.75) is 23.8 Å². The van der Waals surface area contributed by atoms with Gasteiger partial charge in [-0.1, -0.05) is 23.5 Å². The van der Waals surface area contributed by atoms with Crippen LogP contribution < -0.4 is 14.8 Å². The Labute approximate surface area is 186 Å². The monoisotopic (exact) mass is 476 g/mol. The van der Waals surface area contributed by atoms with E-state index in [1.54, 1.807) is 18.2 Å². The molecule has 32 heavy (non-hydrogen) atoms. The first kappa shape index (κ1) is 20.8. The molecule has 1 amide bonds. The lowest BCUT2D eigenvalue weighted by atomic mass is 10.2. The Morgan fingerprint density at radius 1 is 1.16 bits per heavy atom. The Hall–Kier alpha value is -3.09. The largest absolute Gasteiger partial charge is 0.454 e. The van der Waals surface area contributed by atoms with E-state index in [4.69, 9.17) is 9.47 Å². The molecule has 5 rings (SSSR count). The molecule has 1 fully saturated rings. The topological polar surface area (TPSA) is 111 Å². The lowest BCUT2D eigenvalue weighted by Gasteiger charge is -2.22. The van der Waals surface area contributed by atoms with E-state index >= 15 is 0 Å². The van der Waals surface area contributed by atoms with E-state index in [0.717, 1.165) is 17.4 Å². The molecule has 0 aliphatic carbocycles. The van der Waals surface area contributed by atoms with Gasteiger partial charge in [0.05, 0.1) is 6.04 Å². The zero-order valence-corrected chi connectivity index (χ0v) is 18.2. The Morgan fingerprint density at radius 3 is 2.81 bits per heavy atom. The molecule has 9 nitrogen and oxygen atoms in total. The number of fused-ring (bicyclic) bond motifs is 1. The first-order valence-corrected chi connectivity index (χ1v) is 12.0. The van der Waals surface area contributed by atoms with Crippen molar-refractivity contribution in [2.75, 3.05) is 18.7 Å². The predicted molar refractivity (Wildman–Crippen MR) is 113 cm³/mol. The molecular weight excluding hydrogens is 459 g/mol. The van der Waals surface area contributed by atoms with Gasteiger partial charge in [0.25, 0.3) is 5.91 Å². The maximum absolute atomic E-state index is 14.2. The van der Waals surface area contributed by atoms with E-state index < -0.39 is 27.8 Å². The number of rotatable bonds is 5. The fourth-order valence-electron chi connectivity index (χ4n) is 3.67. The number of anilines is 1. The average molecular weight is 477 g/mol. The van der Waals surface area contributed by atoms with Crippen molar-refractivity contribution in [2.24, 2.45) is 0 Å². The second-order valence-corrected chi connectivity index (χ2v) is 10.0. The number of ether oxygens (including phenoxy) is 2. The molecule has 0 spiro atoms. The predicted octanol–water partition coefficient (Wildman–Crippen LogP) is 3.18. The van der Waals surface area contributed by atoms with Crippen LogP contribution in [0.1, 0.15) is 33.7 Å². The average Bonchev–Trinajstić information content (AvgIpc) is 3.53. The number of aromatic nitrogens is 2. The number of benzene rings is 2. The SMILES string of the molecule is O=C(Nc1ccc2c(c1)OCO2)c1nnc(C2CCCN2S(=O)(=O)c2ccccc2F)s1. The standard InChI is InChI=1S/C20H17FN4O5S2/c21-13-4-1-2-6-17(13)32(27,28)25-9-3-5-14(25)19-23-24-20(31-19)18(26)22-12-7-8-15-16(10-12)30-11-29-15/h1-2,4,6-8,10,14H,3,5,9,11H2,(H,22,26). The third-order valence-corrected chi connectivity index (χ3v) is 8.14. The summed E-state index contributed by atoms with van der Waals surface area (Å²) in [6, 6.07) is 9.66. The fourth-order valence-corrected chi connectivity index (χ4v) is 6.36. The van der Waals surface area contributed by atoms with E-state index in [-0.39, 0.29) is 23.2 Å². The molecule has 3 aromatic rings. The number of amides is 1. The molecule has 2 aromatic carbocycles. The third kappa shape index (κ3) is 3.70. The van der Waals surface area contributed by atoms with Crippen molar-refractivity contribution in [3.8, 4) is 11.5 Å². The van der Waals surface area contributed by atoms with Gasteiger partial charge < -0.3 is 14.8 Å². The molecule has 12 heteroatoms. The van der Waals surface area contributed by atoms with Crippen molar-refractivity contribution >= 4 is 33.0 Å². The van der Waals surface area contributed by atoms with Crippen molar-refractivity contribution in [3.05, 3.63) is 58.3 Å². The van der Waals surface area contributed by atoms with Gasteiger partial charge in [-0.2, -0.15) is 4.31 Å². The Morgan fingerprint density at radius 2 is 1.97 bits per heavy atom. The van der Waals surface area contributed by atoms with Crippen LogP contribution in [0.2, 0.25) is 0 Å². The highest BCUT2D eigenvalue weighted by atomic mass is 32.2. The second-order valence-electron chi connectivity index (χ2n) is 7.17. The number of carbonyl (C=O) groups excluding carboxylic acids is 1. The maximum Gasteiger partial charge on any atom is 0.286 e. The van der Waals surface area contributed by atoms with Crippen LogP contribution in [0.25, 0.3) is 0 Å². The van der Waals surface area contributed by atoms with Gasteiger partial charge in [0.1, 0.15) is 15.7 Å². The summed E-state index contributed by atoms with van der Waals surface area (Å²) in [5.74, 6) is -0.160.